The van der Waals surface area contributed by atoms with Gasteiger partial charge in [-0.3, -0.25) is 9.10 Å². The van der Waals surface area contributed by atoms with Crippen LogP contribution >= 0.6 is 0 Å². The van der Waals surface area contributed by atoms with E-state index in [0.717, 1.165) is 42.0 Å². The predicted molar refractivity (Wildman–Crippen MR) is 114 cm³/mol. The average molecular weight is 448 g/mol. The number of alkyl halides is 3. The normalized spacial score (nSPS) is 13.4. The molecule has 0 aliphatic heterocycles. The summed E-state index contributed by atoms with van der Waals surface area (Å²) in [6, 6.07) is 13.4. The van der Waals surface area contributed by atoms with Gasteiger partial charge in [-0.05, 0) is 53.6 Å². The third-order valence-corrected chi connectivity index (χ3v) is 6.44. The molecule has 1 N–H and O–H groups in total. The lowest BCUT2D eigenvalue weighted by atomic mass is 10.0. The number of anilines is 2. The third kappa shape index (κ3) is 4.23. The molecule has 0 spiro atoms. The van der Waals surface area contributed by atoms with Crippen molar-refractivity contribution in [2.45, 2.75) is 19.0 Å². The van der Waals surface area contributed by atoms with Gasteiger partial charge in [0, 0.05) is 11.1 Å². The molecule has 0 bridgehead atoms. The molecular weight excluding hydrogens is 429 g/mol. The van der Waals surface area contributed by atoms with Crippen molar-refractivity contribution in [1.82, 2.24) is 0 Å². The zero-order valence-electron chi connectivity index (χ0n) is 16.5. The minimum Gasteiger partial charge on any atom is -0.324 e. The topological polar surface area (TPSA) is 66.5 Å². The molecule has 0 unspecified atom stereocenters. The molecule has 3 aromatic rings. The maximum Gasteiger partial charge on any atom is 0.416 e. The minimum absolute atomic E-state index is 0.229. The molecule has 162 valence electrons. The van der Waals surface area contributed by atoms with Crippen LogP contribution < -0.4 is 9.62 Å². The highest BCUT2D eigenvalue weighted by molar-refractivity contribution is 7.92. The highest BCUT2D eigenvalue weighted by atomic mass is 32.2. The first-order chi connectivity index (χ1) is 14.5. The zero-order chi connectivity index (χ0) is 22.4. The highest BCUT2D eigenvalue weighted by Gasteiger charge is 2.32. The number of halogens is 3. The summed E-state index contributed by atoms with van der Waals surface area (Å²) in [5.41, 5.74) is 1.68. The van der Waals surface area contributed by atoms with Gasteiger partial charge in [0.2, 0.25) is 15.9 Å². The summed E-state index contributed by atoms with van der Waals surface area (Å²) in [4.78, 5) is 12.7. The number of hydrogen-bond donors (Lipinski definition) is 1. The van der Waals surface area contributed by atoms with Gasteiger partial charge >= 0.3 is 6.18 Å². The number of amides is 1. The van der Waals surface area contributed by atoms with E-state index in [0.29, 0.717) is 16.1 Å². The third-order valence-electron chi connectivity index (χ3n) is 5.30. The Morgan fingerprint density at radius 1 is 1.03 bits per heavy atom. The molecule has 0 saturated heterocycles. The zero-order valence-corrected chi connectivity index (χ0v) is 17.3. The molecule has 0 atom stereocenters. The SMILES string of the molecule is CS(=O)(=O)N(CC(=O)Nc1ccc2c3c(cccc13)CC2)c1cccc(C(F)(F)F)c1. The molecule has 0 fully saturated rings. The van der Waals surface area contributed by atoms with Crippen molar-refractivity contribution in [2.75, 3.05) is 22.4 Å². The quantitative estimate of drug-likeness (QED) is 0.631. The molecule has 1 aliphatic carbocycles. The number of hydrogen-bond acceptors (Lipinski definition) is 3. The van der Waals surface area contributed by atoms with Crippen LogP contribution in [0, 0.1) is 0 Å². The summed E-state index contributed by atoms with van der Waals surface area (Å²) >= 11 is 0. The van der Waals surface area contributed by atoms with Gasteiger partial charge in [-0.25, -0.2) is 8.42 Å². The van der Waals surface area contributed by atoms with E-state index in [2.05, 4.69) is 5.32 Å². The van der Waals surface area contributed by atoms with Crippen molar-refractivity contribution in [3.8, 4) is 0 Å². The number of sulfonamides is 1. The molecule has 9 heteroatoms. The fourth-order valence-corrected chi connectivity index (χ4v) is 4.76. The summed E-state index contributed by atoms with van der Waals surface area (Å²) in [7, 11) is -4.01. The van der Waals surface area contributed by atoms with Crippen molar-refractivity contribution < 1.29 is 26.4 Å². The molecule has 3 aromatic carbocycles. The maximum atomic E-state index is 13.0. The second kappa shape index (κ2) is 7.56. The van der Waals surface area contributed by atoms with Gasteiger partial charge in [-0.2, -0.15) is 13.2 Å². The van der Waals surface area contributed by atoms with Crippen LogP contribution in [0.15, 0.2) is 54.6 Å². The summed E-state index contributed by atoms with van der Waals surface area (Å²) in [5.74, 6) is -0.651. The van der Waals surface area contributed by atoms with E-state index in [1.807, 2.05) is 24.3 Å². The molecule has 0 saturated carbocycles. The van der Waals surface area contributed by atoms with Crippen LogP contribution in [0.2, 0.25) is 0 Å². The smallest absolute Gasteiger partial charge is 0.324 e. The molecule has 0 radical (unpaired) electrons. The number of benzene rings is 3. The fraction of sp³-hybridized carbons (Fsp3) is 0.227. The van der Waals surface area contributed by atoms with E-state index >= 15 is 0 Å². The Hall–Kier alpha value is -3.07. The molecule has 0 heterocycles. The van der Waals surface area contributed by atoms with E-state index in [4.69, 9.17) is 0 Å². The van der Waals surface area contributed by atoms with Crippen molar-refractivity contribution in [3.05, 3.63) is 71.3 Å². The second-order valence-electron chi connectivity index (χ2n) is 7.48. The lowest BCUT2D eigenvalue weighted by molar-refractivity contribution is -0.137. The van der Waals surface area contributed by atoms with Crippen LogP contribution in [0.1, 0.15) is 16.7 Å². The lowest BCUT2D eigenvalue weighted by Crippen LogP contribution is -2.37. The summed E-state index contributed by atoms with van der Waals surface area (Å²) in [5, 5.41) is 4.65. The van der Waals surface area contributed by atoms with E-state index < -0.39 is 34.2 Å². The summed E-state index contributed by atoms with van der Waals surface area (Å²) < 4.78 is 64.3. The minimum atomic E-state index is -4.63. The monoisotopic (exact) mass is 448 g/mol. The van der Waals surface area contributed by atoms with Crippen LogP contribution in [-0.4, -0.2) is 27.1 Å². The van der Waals surface area contributed by atoms with Gasteiger partial charge < -0.3 is 5.32 Å². The number of carbonyl (C=O) groups is 1. The number of rotatable bonds is 5. The molecule has 31 heavy (non-hydrogen) atoms. The summed E-state index contributed by atoms with van der Waals surface area (Å²) in [6.07, 6.45) is -1.95. The number of nitrogens with one attached hydrogen (secondary N) is 1. The van der Waals surface area contributed by atoms with Crippen LogP contribution in [0.4, 0.5) is 24.5 Å². The average Bonchev–Trinajstić information content (AvgIpc) is 3.12. The summed E-state index contributed by atoms with van der Waals surface area (Å²) in [6.45, 7) is -0.650. The number of aryl methyl sites for hydroxylation is 2. The first-order valence-electron chi connectivity index (χ1n) is 9.52. The Balaban J connectivity index is 1.63. The van der Waals surface area contributed by atoms with Gasteiger partial charge in [0.25, 0.3) is 0 Å². The maximum absolute atomic E-state index is 13.0. The second-order valence-corrected chi connectivity index (χ2v) is 9.38. The van der Waals surface area contributed by atoms with Crippen LogP contribution in [-0.2, 0) is 33.8 Å². The van der Waals surface area contributed by atoms with Crippen molar-refractivity contribution in [3.63, 3.8) is 0 Å². The standard InChI is InChI=1S/C22H19F3N2O3S/c1-31(29,30)27(17-6-3-5-16(12-17)22(23,24)25)13-20(28)26-19-11-10-15-9-8-14-4-2-7-18(19)21(14)15/h2-7,10-12H,8-9,13H2,1H3,(H,26,28). The Kier molecular flexibility index (Phi) is 5.17. The molecule has 4 rings (SSSR count). The van der Waals surface area contributed by atoms with E-state index in [9.17, 15) is 26.4 Å². The van der Waals surface area contributed by atoms with Crippen LogP contribution in [0.5, 0.6) is 0 Å². The number of nitrogens with zero attached hydrogens (tertiary/aromatic N) is 1. The highest BCUT2D eigenvalue weighted by Crippen LogP contribution is 2.35. The predicted octanol–water partition coefficient (Wildman–Crippen LogP) is 4.36. The van der Waals surface area contributed by atoms with E-state index in [-0.39, 0.29) is 5.69 Å². The molecular formula is C22H19F3N2O3S. The van der Waals surface area contributed by atoms with E-state index in [1.54, 1.807) is 6.07 Å². The lowest BCUT2D eigenvalue weighted by Gasteiger charge is -2.23. The van der Waals surface area contributed by atoms with Gasteiger partial charge in [-0.1, -0.05) is 30.3 Å². The number of carbonyl (C=O) groups excluding carboxylic acids is 1. The van der Waals surface area contributed by atoms with Gasteiger partial charge in [0.15, 0.2) is 0 Å². The van der Waals surface area contributed by atoms with Crippen molar-refractivity contribution >= 4 is 38.1 Å². The van der Waals surface area contributed by atoms with Gasteiger partial charge in [-0.15, -0.1) is 0 Å². The van der Waals surface area contributed by atoms with Crippen LogP contribution in [0.3, 0.4) is 0 Å². The Morgan fingerprint density at radius 2 is 1.71 bits per heavy atom. The first-order valence-corrected chi connectivity index (χ1v) is 11.4. The molecule has 1 aliphatic rings. The van der Waals surface area contributed by atoms with Gasteiger partial charge in [0.05, 0.1) is 17.5 Å². The molecule has 0 aromatic heterocycles. The first kappa shape index (κ1) is 21.2. The van der Waals surface area contributed by atoms with Gasteiger partial charge in [0.1, 0.15) is 6.54 Å². The largest absolute Gasteiger partial charge is 0.416 e. The Labute approximate surface area is 177 Å². The van der Waals surface area contributed by atoms with Crippen molar-refractivity contribution in [2.24, 2.45) is 0 Å². The molecule has 5 nitrogen and oxygen atoms in total. The van der Waals surface area contributed by atoms with E-state index in [1.165, 1.54) is 17.2 Å². The Bertz CT molecular complexity index is 1280. The van der Waals surface area contributed by atoms with Crippen LogP contribution in [0.25, 0.3) is 10.8 Å². The molecule has 1 amide bonds. The Morgan fingerprint density at radius 3 is 2.39 bits per heavy atom. The van der Waals surface area contributed by atoms with Crippen molar-refractivity contribution in [1.29, 1.82) is 0 Å². The fourth-order valence-electron chi connectivity index (χ4n) is 3.91.